The molecule has 0 fully saturated rings. The lowest BCUT2D eigenvalue weighted by atomic mass is 10.3. The summed E-state index contributed by atoms with van der Waals surface area (Å²) in [6.07, 6.45) is 0. The second-order valence-corrected chi connectivity index (χ2v) is 3.23. The zero-order chi connectivity index (χ0) is 12.3. The van der Waals surface area contributed by atoms with Crippen LogP contribution in [0.15, 0.2) is 30.3 Å². The van der Waals surface area contributed by atoms with Crippen LogP contribution in [0.2, 0.25) is 0 Å². The standard InChI is InChI=1S/C10H11FN6/c11-6-17(7-4-2-1-3-5-7)10-15-8(12)14-9(13)16-10/h1-5H,6H2,(H4,12,13,14,15,16). The first-order valence-corrected chi connectivity index (χ1v) is 4.86. The third kappa shape index (κ3) is 2.39. The zero-order valence-electron chi connectivity index (χ0n) is 8.92. The summed E-state index contributed by atoms with van der Waals surface area (Å²) in [5.41, 5.74) is 11.5. The third-order valence-electron chi connectivity index (χ3n) is 2.09. The Bertz CT molecular complexity index is 483. The van der Waals surface area contributed by atoms with Crippen LogP contribution >= 0.6 is 0 Å². The van der Waals surface area contributed by atoms with Crippen LogP contribution in [-0.4, -0.2) is 21.8 Å². The molecule has 2 aromatic rings. The number of nitrogens with two attached hydrogens (primary N) is 2. The van der Waals surface area contributed by atoms with Crippen LogP contribution in [0.5, 0.6) is 0 Å². The van der Waals surface area contributed by atoms with Gasteiger partial charge in [0.25, 0.3) is 0 Å². The Labute approximate surface area is 97.1 Å². The molecule has 0 amide bonds. The van der Waals surface area contributed by atoms with Crippen molar-refractivity contribution in [2.45, 2.75) is 0 Å². The van der Waals surface area contributed by atoms with Gasteiger partial charge in [0.1, 0.15) is 0 Å². The number of rotatable bonds is 3. The van der Waals surface area contributed by atoms with Crippen LogP contribution in [0.3, 0.4) is 0 Å². The molecule has 7 heteroatoms. The van der Waals surface area contributed by atoms with Crippen molar-refractivity contribution < 1.29 is 4.39 Å². The quantitative estimate of drug-likeness (QED) is 0.772. The molecule has 0 atom stereocenters. The van der Waals surface area contributed by atoms with Gasteiger partial charge in [0, 0.05) is 5.69 Å². The molecule has 1 aromatic carbocycles. The number of para-hydroxylation sites is 1. The van der Waals surface area contributed by atoms with E-state index in [0.29, 0.717) is 5.69 Å². The fourth-order valence-electron chi connectivity index (χ4n) is 1.36. The number of benzene rings is 1. The average Bonchev–Trinajstić information content (AvgIpc) is 2.30. The number of aromatic nitrogens is 3. The summed E-state index contributed by atoms with van der Waals surface area (Å²) >= 11 is 0. The minimum absolute atomic E-state index is 0.0399. The fourth-order valence-corrected chi connectivity index (χ4v) is 1.36. The van der Waals surface area contributed by atoms with Crippen molar-refractivity contribution in [1.29, 1.82) is 0 Å². The summed E-state index contributed by atoms with van der Waals surface area (Å²) in [6.45, 7) is -0.785. The molecule has 0 bridgehead atoms. The maximum Gasteiger partial charge on any atom is 0.238 e. The molecule has 0 saturated carbocycles. The number of nitrogens with zero attached hydrogens (tertiary/aromatic N) is 4. The molecule has 0 radical (unpaired) electrons. The van der Waals surface area contributed by atoms with Gasteiger partial charge < -0.3 is 11.5 Å². The van der Waals surface area contributed by atoms with E-state index in [1.165, 1.54) is 4.90 Å². The van der Waals surface area contributed by atoms with Crippen molar-refractivity contribution in [2.75, 3.05) is 23.2 Å². The number of alkyl halides is 1. The highest BCUT2D eigenvalue weighted by Crippen LogP contribution is 2.22. The molecule has 0 aliphatic rings. The Kier molecular flexibility index (Phi) is 2.99. The first-order chi connectivity index (χ1) is 8.20. The van der Waals surface area contributed by atoms with Crippen molar-refractivity contribution in [3.05, 3.63) is 30.3 Å². The van der Waals surface area contributed by atoms with Crippen LogP contribution in [-0.2, 0) is 0 Å². The predicted molar refractivity (Wildman–Crippen MR) is 63.2 cm³/mol. The van der Waals surface area contributed by atoms with E-state index >= 15 is 0 Å². The van der Waals surface area contributed by atoms with E-state index in [0.717, 1.165) is 0 Å². The van der Waals surface area contributed by atoms with Gasteiger partial charge >= 0.3 is 0 Å². The third-order valence-corrected chi connectivity index (χ3v) is 2.09. The highest BCUT2D eigenvalue weighted by Gasteiger charge is 2.13. The number of hydrogen-bond donors (Lipinski definition) is 2. The van der Waals surface area contributed by atoms with Gasteiger partial charge in [-0.05, 0) is 12.1 Å². The van der Waals surface area contributed by atoms with Gasteiger partial charge in [0.05, 0.1) is 0 Å². The molecular weight excluding hydrogens is 223 g/mol. The Morgan fingerprint density at radius 1 is 1.00 bits per heavy atom. The van der Waals surface area contributed by atoms with Gasteiger partial charge in [-0.2, -0.15) is 15.0 Å². The fraction of sp³-hybridized carbons (Fsp3) is 0.100. The maximum absolute atomic E-state index is 13.0. The summed E-state index contributed by atoms with van der Waals surface area (Å²) in [5, 5.41) is 0. The molecule has 88 valence electrons. The normalized spacial score (nSPS) is 10.2. The molecule has 0 aliphatic carbocycles. The average molecular weight is 234 g/mol. The number of halogens is 1. The number of nitrogen functional groups attached to an aromatic ring is 2. The lowest BCUT2D eigenvalue weighted by molar-refractivity contribution is 0.498. The summed E-state index contributed by atoms with van der Waals surface area (Å²) < 4.78 is 13.0. The number of anilines is 4. The second-order valence-electron chi connectivity index (χ2n) is 3.23. The Hall–Kier alpha value is -2.44. The first-order valence-electron chi connectivity index (χ1n) is 4.86. The summed E-state index contributed by atoms with van der Waals surface area (Å²) in [4.78, 5) is 12.6. The smallest absolute Gasteiger partial charge is 0.238 e. The van der Waals surface area contributed by atoms with Crippen molar-refractivity contribution in [1.82, 2.24) is 15.0 Å². The largest absolute Gasteiger partial charge is 0.368 e. The Balaban J connectivity index is 2.42. The van der Waals surface area contributed by atoms with Crippen molar-refractivity contribution >= 4 is 23.5 Å². The van der Waals surface area contributed by atoms with Gasteiger partial charge in [0.2, 0.25) is 17.8 Å². The molecule has 4 N–H and O–H groups in total. The second kappa shape index (κ2) is 4.60. The van der Waals surface area contributed by atoms with E-state index in [4.69, 9.17) is 11.5 Å². The van der Waals surface area contributed by atoms with Crippen LogP contribution in [0.25, 0.3) is 0 Å². The van der Waals surface area contributed by atoms with E-state index in [2.05, 4.69) is 15.0 Å². The van der Waals surface area contributed by atoms with Crippen molar-refractivity contribution in [3.8, 4) is 0 Å². The lowest BCUT2D eigenvalue weighted by Gasteiger charge is -2.18. The minimum atomic E-state index is -0.785. The van der Waals surface area contributed by atoms with Gasteiger partial charge in [-0.25, -0.2) is 4.39 Å². The van der Waals surface area contributed by atoms with Crippen LogP contribution in [0.1, 0.15) is 0 Å². The van der Waals surface area contributed by atoms with Gasteiger partial charge in [-0.3, -0.25) is 4.90 Å². The topological polar surface area (TPSA) is 93.9 Å². The van der Waals surface area contributed by atoms with E-state index in [-0.39, 0.29) is 17.8 Å². The van der Waals surface area contributed by atoms with Crippen molar-refractivity contribution in [3.63, 3.8) is 0 Å². The molecule has 6 nitrogen and oxygen atoms in total. The molecule has 0 spiro atoms. The number of hydrogen-bond acceptors (Lipinski definition) is 6. The highest BCUT2D eigenvalue weighted by atomic mass is 19.1. The first kappa shape index (κ1) is 11.1. The van der Waals surface area contributed by atoms with Gasteiger partial charge in [0.15, 0.2) is 6.80 Å². The Morgan fingerprint density at radius 2 is 1.59 bits per heavy atom. The van der Waals surface area contributed by atoms with Gasteiger partial charge in [-0.15, -0.1) is 0 Å². The molecular formula is C10H11FN6. The van der Waals surface area contributed by atoms with Gasteiger partial charge in [-0.1, -0.05) is 18.2 Å². The molecule has 2 rings (SSSR count). The monoisotopic (exact) mass is 234 g/mol. The van der Waals surface area contributed by atoms with Crippen LogP contribution in [0.4, 0.5) is 27.9 Å². The predicted octanol–water partition coefficient (Wildman–Crippen LogP) is 1.10. The van der Waals surface area contributed by atoms with Crippen molar-refractivity contribution in [2.24, 2.45) is 0 Å². The molecule has 1 aromatic heterocycles. The maximum atomic E-state index is 13.0. The SMILES string of the molecule is Nc1nc(N)nc(N(CF)c2ccccc2)n1. The van der Waals surface area contributed by atoms with Crippen LogP contribution in [0, 0.1) is 0 Å². The Morgan fingerprint density at radius 3 is 2.12 bits per heavy atom. The van der Waals surface area contributed by atoms with E-state index in [9.17, 15) is 4.39 Å². The summed E-state index contributed by atoms with van der Waals surface area (Å²) in [7, 11) is 0. The van der Waals surface area contributed by atoms with Crippen LogP contribution < -0.4 is 16.4 Å². The summed E-state index contributed by atoms with van der Waals surface area (Å²) in [6, 6.07) is 8.86. The summed E-state index contributed by atoms with van der Waals surface area (Å²) in [5.74, 6) is 0.00691. The molecule has 0 aliphatic heterocycles. The highest BCUT2D eigenvalue weighted by molar-refractivity contribution is 5.57. The molecule has 0 saturated heterocycles. The van der Waals surface area contributed by atoms with E-state index in [1.54, 1.807) is 24.3 Å². The van der Waals surface area contributed by atoms with E-state index in [1.807, 2.05) is 6.07 Å². The minimum Gasteiger partial charge on any atom is -0.368 e. The molecule has 17 heavy (non-hydrogen) atoms. The molecule has 0 unspecified atom stereocenters. The van der Waals surface area contributed by atoms with E-state index < -0.39 is 6.80 Å². The molecule has 1 heterocycles. The lowest BCUT2D eigenvalue weighted by Crippen LogP contribution is -2.19. The zero-order valence-corrected chi connectivity index (χ0v) is 8.92.